The second-order valence-corrected chi connectivity index (χ2v) is 5.56. The molecule has 20 heavy (non-hydrogen) atoms. The van der Waals surface area contributed by atoms with Gasteiger partial charge in [0.15, 0.2) is 0 Å². The van der Waals surface area contributed by atoms with Crippen molar-refractivity contribution in [2.45, 2.75) is 25.3 Å². The Morgan fingerprint density at radius 1 is 1.15 bits per heavy atom. The molecule has 1 aromatic rings. The number of rotatable bonds is 1. The molecule has 1 unspecified atom stereocenters. The van der Waals surface area contributed by atoms with E-state index in [1.54, 1.807) is 4.90 Å². The number of halogens is 2. The fourth-order valence-electron chi connectivity index (χ4n) is 3.17. The zero-order valence-corrected chi connectivity index (χ0v) is 11.3. The van der Waals surface area contributed by atoms with Crippen molar-refractivity contribution < 1.29 is 13.6 Å². The summed E-state index contributed by atoms with van der Waals surface area (Å²) >= 11 is 0. The summed E-state index contributed by atoms with van der Waals surface area (Å²) in [6.07, 6.45) is 3.47. The molecule has 0 radical (unpaired) electrons. The first-order valence-corrected chi connectivity index (χ1v) is 7.13. The fourth-order valence-corrected chi connectivity index (χ4v) is 3.17. The van der Waals surface area contributed by atoms with Gasteiger partial charge in [0.05, 0.1) is 5.56 Å². The van der Waals surface area contributed by atoms with E-state index in [0.717, 1.165) is 37.7 Å². The van der Waals surface area contributed by atoms with Crippen molar-refractivity contribution in [3.63, 3.8) is 0 Å². The first kappa shape index (κ1) is 13.5. The van der Waals surface area contributed by atoms with Gasteiger partial charge >= 0.3 is 0 Å². The van der Waals surface area contributed by atoms with Gasteiger partial charge in [-0.15, -0.1) is 0 Å². The van der Waals surface area contributed by atoms with Crippen LogP contribution in [0.4, 0.5) is 8.78 Å². The van der Waals surface area contributed by atoms with Gasteiger partial charge in [-0.25, -0.2) is 8.78 Å². The van der Waals surface area contributed by atoms with E-state index in [1.807, 2.05) is 0 Å². The molecule has 3 nitrogen and oxygen atoms in total. The molecule has 2 saturated heterocycles. The molecule has 1 atom stereocenters. The van der Waals surface area contributed by atoms with E-state index >= 15 is 0 Å². The van der Waals surface area contributed by atoms with Crippen LogP contribution >= 0.6 is 0 Å². The van der Waals surface area contributed by atoms with Crippen LogP contribution in [0.3, 0.4) is 0 Å². The van der Waals surface area contributed by atoms with Crippen molar-refractivity contribution in [3.8, 4) is 0 Å². The molecule has 3 rings (SSSR count). The number of benzene rings is 1. The quantitative estimate of drug-likeness (QED) is 0.788. The molecule has 0 N–H and O–H groups in total. The Bertz CT molecular complexity index is 521. The maximum Gasteiger partial charge on any atom is 0.257 e. The minimum Gasteiger partial charge on any atom is -0.336 e. The highest BCUT2D eigenvalue weighted by Crippen LogP contribution is 2.22. The molecule has 0 aromatic heterocycles. The summed E-state index contributed by atoms with van der Waals surface area (Å²) in [5.74, 6) is -1.62. The smallest absolute Gasteiger partial charge is 0.257 e. The third kappa shape index (κ3) is 2.54. The predicted octanol–water partition coefficient (Wildman–Crippen LogP) is 2.28. The lowest BCUT2D eigenvalue weighted by atomic mass is 9.99. The van der Waals surface area contributed by atoms with Crippen molar-refractivity contribution in [1.29, 1.82) is 0 Å². The highest BCUT2D eigenvalue weighted by molar-refractivity contribution is 5.94. The average molecular weight is 280 g/mol. The number of amides is 1. The third-order valence-electron chi connectivity index (χ3n) is 4.28. The zero-order chi connectivity index (χ0) is 14.1. The molecule has 2 fully saturated rings. The minimum atomic E-state index is -0.650. The van der Waals surface area contributed by atoms with Gasteiger partial charge in [0.1, 0.15) is 11.6 Å². The van der Waals surface area contributed by atoms with Gasteiger partial charge in [0.25, 0.3) is 5.91 Å². The van der Waals surface area contributed by atoms with E-state index < -0.39 is 17.5 Å². The van der Waals surface area contributed by atoms with Crippen LogP contribution in [0.25, 0.3) is 0 Å². The number of piperazine rings is 1. The second kappa shape index (κ2) is 5.48. The predicted molar refractivity (Wildman–Crippen MR) is 71.5 cm³/mol. The highest BCUT2D eigenvalue weighted by atomic mass is 19.1. The fraction of sp³-hybridized carbons (Fsp3) is 0.533. The molecule has 5 heteroatoms. The summed E-state index contributed by atoms with van der Waals surface area (Å²) in [5, 5.41) is 0. The summed E-state index contributed by atoms with van der Waals surface area (Å²) in [7, 11) is 0. The summed E-state index contributed by atoms with van der Waals surface area (Å²) in [6.45, 7) is 3.12. The molecule has 0 spiro atoms. The maximum atomic E-state index is 13.7. The Kier molecular flexibility index (Phi) is 3.70. The van der Waals surface area contributed by atoms with Gasteiger partial charge in [-0.2, -0.15) is 0 Å². The van der Waals surface area contributed by atoms with Gasteiger partial charge in [-0.05, 0) is 37.6 Å². The molecule has 108 valence electrons. The van der Waals surface area contributed by atoms with Crippen molar-refractivity contribution in [2.24, 2.45) is 0 Å². The first-order valence-electron chi connectivity index (χ1n) is 7.13. The van der Waals surface area contributed by atoms with Gasteiger partial charge in [-0.1, -0.05) is 6.42 Å². The Morgan fingerprint density at radius 3 is 2.85 bits per heavy atom. The van der Waals surface area contributed by atoms with E-state index in [9.17, 15) is 13.6 Å². The van der Waals surface area contributed by atoms with E-state index in [0.29, 0.717) is 19.1 Å². The van der Waals surface area contributed by atoms with Crippen LogP contribution in [0.15, 0.2) is 18.2 Å². The highest BCUT2D eigenvalue weighted by Gasteiger charge is 2.32. The van der Waals surface area contributed by atoms with Crippen LogP contribution in [0, 0.1) is 11.6 Å². The van der Waals surface area contributed by atoms with Crippen molar-refractivity contribution in [3.05, 3.63) is 35.4 Å². The molecule has 2 aliphatic heterocycles. The Labute approximate surface area is 117 Å². The monoisotopic (exact) mass is 280 g/mol. The largest absolute Gasteiger partial charge is 0.336 e. The topological polar surface area (TPSA) is 23.6 Å². The Balaban J connectivity index is 1.76. The second-order valence-electron chi connectivity index (χ2n) is 5.56. The molecule has 0 saturated carbocycles. The lowest BCUT2D eigenvalue weighted by molar-refractivity contribution is 0.0369. The van der Waals surface area contributed by atoms with Gasteiger partial charge < -0.3 is 4.90 Å². The Hall–Kier alpha value is -1.49. The number of fused-ring (bicyclic) bond motifs is 1. The zero-order valence-electron chi connectivity index (χ0n) is 11.3. The van der Waals surface area contributed by atoms with Gasteiger partial charge in [-0.3, -0.25) is 9.69 Å². The van der Waals surface area contributed by atoms with E-state index in [4.69, 9.17) is 0 Å². The number of piperidine rings is 1. The molecule has 2 aliphatic rings. The number of hydrogen-bond acceptors (Lipinski definition) is 2. The minimum absolute atomic E-state index is 0.158. The molecule has 1 aromatic carbocycles. The first-order chi connectivity index (χ1) is 9.65. The lowest BCUT2D eigenvalue weighted by Gasteiger charge is -2.44. The molecular weight excluding hydrogens is 262 g/mol. The summed E-state index contributed by atoms with van der Waals surface area (Å²) in [5.41, 5.74) is -0.158. The standard InChI is InChI=1S/C15H18F2N2O/c16-11-4-5-14(17)13(9-11)15(20)19-8-7-18-6-2-1-3-12(18)10-19/h4-5,9,12H,1-3,6-8,10H2. The molecule has 2 heterocycles. The van der Waals surface area contributed by atoms with E-state index in [2.05, 4.69) is 4.90 Å². The summed E-state index contributed by atoms with van der Waals surface area (Å²) in [4.78, 5) is 16.4. The van der Waals surface area contributed by atoms with Crippen molar-refractivity contribution in [1.82, 2.24) is 9.80 Å². The van der Waals surface area contributed by atoms with Crippen molar-refractivity contribution in [2.75, 3.05) is 26.2 Å². The van der Waals surface area contributed by atoms with Crippen molar-refractivity contribution >= 4 is 5.91 Å². The number of carbonyl (C=O) groups is 1. The number of carbonyl (C=O) groups excluding carboxylic acids is 1. The van der Waals surface area contributed by atoms with Crippen LogP contribution in [0.2, 0.25) is 0 Å². The van der Waals surface area contributed by atoms with E-state index in [1.165, 1.54) is 12.8 Å². The number of nitrogens with zero attached hydrogens (tertiary/aromatic N) is 2. The maximum absolute atomic E-state index is 13.7. The third-order valence-corrected chi connectivity index (χ3v) is 4.28. The summed E-state index contributed by atoms with van der Waals surface area (Å²) < 4.78 is 26.9. The normalized spacial score (nSPS) is 23.5. The lowest BCUT2D eigenvalue weighted by Crippen LogP contribution is -2.56. The van der Waals surface area contributed by atoms with Crippen LogP contribution < -0.4 is 0 Å². The summed E-state index contributed by atoms with van der Waals surface area (Å²) in [6, 6.07) is 3.41. The van der Waals surface area contributed by atoms with Gasteiger partial charge in [0.2, 0.25) is 0 Å². The molecular formula is C15H18F2N2O. The molecule has 0 aliphatic carbocycles. The molecule has 0 bridgehead atoms. The van der Waals surface area contributed by atoms with Crippen LogP contribution in [0.5, 0.6) is 0 Å². The van der Waals surface area contributed by atoms with Crippen LogP contribution in [-0.4, -0.2) is 47.9 Å². The van der Waals surface area contributed by atoms with Crippen LogP contribution in [-0.2, 0) is 0 Å². The Morgan fingerprint density at radius 2 is 2.00 bits per heavy atom. The van der Waals surface area contributed by atoms with E-state index in [-0.39, 0.29) is 5.56 Å². The number of hydrogen-bond donors (Lipinski definition) is 0. The SMILES string of the molecule is O=C(c1cc(F)ccc1F)N1CCN2CCCCC2C1. The molecule has 1 amide bonds. The van der Waals surface area contributed by atoms with Gasteiger partial charge in [0, 0.05) is 25.7 Å². The van der Waals surface area contributed by atoms with Crippen LogP contribution in [0.1, 0.15) is 29.6 Å². The average Bonchev–Trinajstić information content (AvgIpc) is 2.48.